The zero-order valence-electron chi connectivity index (χ0n) is 8.39. The van der Waals surface area contributed by atoms with E-state index in [-0.39, 0.29) is 0 Å². The molecule has 2 aromatic heterocycles. The van der Waals surface area contributed by atoms with Crippen molar-refractivity contribution in [2.75, 3.05) is 0 Å². The highest BCUT2D eigenvalue weighted by atomic mass is 79.9. The molecule has 0 saturated carbocycles. The van der Waals surface area contributed by atoms with Crippen LogP contribution in [0.2, 0.25) is 0 Å². The number of nitrogens with zero attached hydrogens (tertiary/aromatic N) is 2. The molecule has 0 aliphatic heterocycles. The van der Waals surface area contributed by atoms with E-state index in [1.807, 2.05) is 11.4 Å². The number of pyridine rings is 1. The molecule has 0 aliphatic carbocycles. The molecule has 0 saturated heterocycles. The van der Waals surface area contributed by atoms with Crippen molar-refractivity contribution in [3.05, 3.63) is 39.0 Å². The minimum Gasteiger partial charge on any atom is -0.486 e. The third-order valence-electron chi connectivity index (χ3n) is 1.84. The fraction of sp³-hybridized carbons (Fsp3) is 0.200. The summed E-state index contributed by atoms with van der Waals surface area (Å²) < 4.78 is 6.44. The van der Waals surface area contributed by atoms with E-state index in [1.165, 1.54) is 0 Å². The zero-order chi connectivity index (χ0) is 11.4. The molecule has 6 heteroatoms. The quantitative estimate of drug-likeness (QED) is 0.941. The number of rotatable bonds is 4. The molecule has 0 aromatic carbocycles. The number of hydrogen-bond acceptors (Lipinski definition) is 5. The second-order valence-electron chi connectivity index (χ2n) is 3.06. The van der Waals surface area contributed by atoms with Crippen LogP contribution >= 0.6 is 27.3 Å². The molecule has 2 heterocycles. The Bertz CT molecular complexity index is 475. The van der Waals surface area contributed by atoms with Gasteiger partial charge in [-0.2, -0.15) is 0 Å². The first-order valence-electron chi connectivity index (χ1n) is 4.64. The summed E-state index contributed by atoms with van der Waals surface area (Å²) in [6.07, 6.45) is 3.38. The Morgan fingerprint density at radius 1 is 1.44 bits per heavy atom. The Kier molecular flexibility index (Phi) is 3.87. The molecule has 0 spiro atoms. The topological polar surface area (TPSA) is 61.0 Å². The summed E-state index contributed by atoms with van der Waals surface area (Å²) in [6.45, 7) is 0.914. The maximum atomic E-state index is 5.54. The van der Waals surface area contributed by atoms with Crippen LogP contribution in [0, 0.1) is 0 Å². The number of thiazole rings is 1. The number of nitrogens with two attached hydrogens (primary N) is 1. The van der Waals surface area contributed by atoms with Gasteiger partial charge in [0.25, 0.3) is 0 Å². The highest BCUT2D eigenvalue weighted by Crippen LogP contribution is 2.17. The van der Waals surface area contributed by atoms with E-state index < -0.39 is 0 Å². The predicted molar refractivity (Wildman–Crippen MR) is 66.3 cm³/mol. The molecule has 2 rings (SSSR count). The first-order valence-corrected chi connectivity index (χ1v) is 6.32. The zero-order valence-corrected chi connectivity index (χ0v) is 10.8. The molecule has 0 amide bonds. The van der Waals surface area contributed by atoms with E-state index in [1.54, 1.807) is 23.7 Å². The summed E-state index contributed by atoms with van der Waals surface area (Å²) in [5.74, 6) is 0.719. The van der Waals surface area contributed by atoms with Gasteiger partial charge >= 0.3 is 0 Å². The molecule has 0 radical (unpaired) electrons. The lowest BCUT2D eigenvalue weighted by Gasteiger charge is -2.03. The number of aromatic nitrogens is 2. The van der Waals surface area contributed by atoms with Crippen molar-refractivity contribution >= 4 is 27.3 Å². The highest BCUT2D eigenvalue weighted by molar-refractivity contribution is 9.10. The first kappa shape index (κ1) is 11.5. The number of ether oxygens (including phenoxy) is 1. The second-order valence-corrected chi connectivity index (χ2v) is 4.92. The fourth-order valence-corrected chi connectivity index (χ4v) is 2.14. The van der Waals surface area contributed by atoms with Crippen molar-refractivity contribution in [3.63, 3.8) is 0 Å². The Labute approximate surface area is 106 Å². The van der Waals surface area contributed by atoms with Gasteiger partial charge in [0.2, 0.25) is 0 Å². The number of halogens is 1. The van der Waals surface area contributed by atoms with Gasteiger partial charge in [-0.05, 0) is 22.0 Å². The normalized spacial score (nSPS) is 10.4. The average Bonchev–Trinajstić information content (AvgIpc) is 2.74. The summed E-state index contributed by atoms with van der Waals surface area (Å²) >= 11 is 4.88. The summed E-state index contributed by atoms with van der Waals surface area (Å²) in [4.78, 5) is 8.31. The molecular weight excluding hydrogens is 290 g/mol. The molecular formula is C10H10BrN3OS. The third-order valence-corrected chi connectivity index (χ3v) is 3.19. The van der Waals surface area contributed by atoms with Crippen LogP contribution < -0.4 is 10.5 Å². The van der Waals surface area contributed by atoms with E-state index in [0.29, 0.717) is 13.2 Å². The van der Waals surface area contributed by atoms with E-state index in [4.69, 9.17) is 10.5 Å². The van der Waals surface area contributed by atoms with Crippen molar-refractivity contribution in [1.29, 1.82) is 0 Å². The van der Waals surface area contributed by atoms with Crippen LogP contribution in [0.15, 0.2) is 28.3 Å². The molecule has 0 unspecified atom stereocenters. The average molecular weight is 300 g/mol. The monoisotopic (exact) mass is 299 g/mol. The fourth-order valence-electron chi connectivity index (χ4n) is 1.14. The summed E-state index contributed by atoms with van der Waals surface area (Å²) in [5, 5.41) is 2.87. The minimum absolute atomic E-state index is 0.439. The number of hydrogen-bond donors (Lipinski definition) is 1. The molecule has 0 atom stereocenters. The lowest BCUT2D eigenvalue weighted by Crippen LogP contribution is -1.99. The van der Waals surface area contributed by atoms with Crippen LogP contribution in [0.3, 0.4) is 0 Å². The van der Waals surface area contributed by atoms with E-state index in [0.717, 1.165) is 20.9 Å². The van der Waals surface area contributed by atoms with Crippen molar-refractivity contribution in [2.45, 2.75) is 13.2 Å². The molecule has 0 aliphatic rings. The van der Waals surface area contributed by atoms with Crippen LogP contribution in [0.25, 0.3) is 0 Å². The van der Waals surface area contributed by atoms with Gasteiger partial charge in [0.1, 0.15) is 17.4 Å². The molecule has 16 heavy (non-hydrogen) atoms. The third kappa shape index (κ3) is 3.01. The summed E-state index contributed by atoms with van der Waals surface area (Å²) in [6, 6.07) is 1.86. The van der Waals surface area contributed by atoms with Gasteiger partial charge in [0.05, 0.1) is 11.9 Å². The van der Waals surface area contributed by atoms with E-state index >= 15 is 0 Å². The second kappa shape index (κ2) is 5.38. The molecule has 2 aromatic rings. The minimum atomic E-state index is 0.439. The lowest BCUT2D eigenvalue weighted by atomic mass is 10.4. The van der Waals surface area contributed by atoms with Crippen LogP contribution in [-0.4, -0.2) is 9.97 Å². The summed E-state index contributed by atoms with van der Waals surface area (Å²) in [7, 11) is 0. The van der Waals surface area contributed by atoms with Gasteiger partial charge < -0.3 is 10.5 Å². The maximum Gasteiger partial charge on any atom is 0.139 e. The largest absolute Gasteiger partial charge is 0.486 e. The Hall–Kier alpha value is -0.980. The van der Waals surface area contributed by atoms with Crippen molar-refractivity contribution in [3.8, 4) is 5.75 Å². The highest BCUT2D eigenvalue weighted by Gasteiger charge is 2.02. The van der Waals surface area contributed by atoms with Gasteiger partial charge in [0, 0.05) is 22.6 Å². The predicted octanol–water partition coefficient (Wildman–Crippen LogP) is 2.34. The molecule has 0 fully saturated rings. The Balaban J connectivity index is 1.96. The van der Waals surface area contributed by atoms with Crippen LogP contribution in [0.1, 0.15) is 10.7 Å². The lowest BCUT2D eigenvalue weighted by molar-refractivity contribution is 0.300. The van der Waals surface area contributed by atoms with Crippen molar-refractivity contribution in [1.82, 2.24) is 9.97 Å². The van der Waals surface area contributed by atoms with Crippen LogP contribution in [-0.2, 0) is 13.2 Å². The van der Waals surface area contributed by atoms with Gasteiger partial charge in [-0.1, -0.05) is 0 Å². The molecule has 84 valence electrons. The standard InChI is InChI=1S/C10H10BrN3OS/c11-7-1-9(4-13-3-7)15-5-8-6-16-10(2-12)14-8/h1,3-4,6H,2,5,12H2. The van der Waals surface area contributed by atoms with Gasteiger partial charge in [0.15, 0.2) is 0 Å². The first-order chi connectivity index (χ1) is 7.78. The molecule has 0 bridgehead atoms. The van der Waals surface area contributed by atoms with Gasteiger partial charge in [-0.25, -0.2) is 4.98 Å². The Morgan fingerprint density at radius 3 is 3.00 bits per heavy atom. The molecule has 4 nitrogen and oxygen atoms in total. The van der Waals surface area contributed by atoms with E-state index in [2.05, 4.69) is 25.9 Å². The molecule has 2 N–H and O–H groups in total. The van der Waals surface area contributed by atoms with Gasteiger partial charge in [-0.3, -0.25) is 4.98 Å². The Morgan fingerprint density at radius 2 is 2.31 bits per heavy atom. The summed E-state index contributed by atoms with van der Waals surface area (Å²) in [5.41, 5.74) is 6.38. The van der Waals surface area contributed by atoms with Crippen molar-refractivity contribution in [2.24, 2.45) is 5.73 Å². The van der Waals surface area contributed by atoms with Gasteiger partial charge in [-0.15, -0.1) is 11.3 Å². The van der Waals surface area contributed by atoms with Crippen molar-refractivity contribution < 1.29 is 4.74 Å². The maximum absolute atomic E-state index is 5.54. The van der Waals surface area contributed by atoms with Crippen LogP contribution in [0.5, 0.6) is 5.75 Å². The van der Waals surface area contributed by atoms with Crippen LogP contribution in [0.4, 0.5) is 0 Å². The smallest absolute Gasteiger partial charge is 0.139 e. The SMILES string of the molecule is NCc1nc(COc2cncc(Br)c2)cs1. The van der Waals surface area contributed by atoms with E-state index in [9.17, 15) is 0 Å².